The minimum Gasteiger partial charge on any atom is -0.506 e. The van der Waals surface area contributed by atoms with Gasteiger partial charge in [0.1, 0.15) is 34.3 Å². The highest BCUT2D eigenvalue weighted by Gasteiger charge is 2.66. The van der Waals surface area contributed by atoms with Gasteiger partial charge in [-0.15, -0.1) is 11.3 Å². The van der Waals surface area contributed by atoms with Gasteiger partial charge in [-0.25, -0.2) is 9.37 Å². The van der Waals surface area contributed by atoms with E-state index in [9.17, 15) is 50.6 Å². The van der Waals surface area contributed by atoms with Crippen molar-refractivity contribution in [1.82, 2.24) is 25.1 Å². The number of phenols is 1. The first-order chi connectivity index (χ1) is 35.5. The van der Waals surface area contributed by atoms with Crippen LogP contribution in [0.25, 0.3) is 10.2 Å². The zero-order valence-corrected chi connectivity index (χ0v) is 47.3. The summed E-state index contributed by atoms with van der Waals surface area (Å²) in [5.74, 6) is -0.226. The summed E-state index contributed by atoms with van der Waals surface area (Å²) in [5, 5.41) is 26.8. The molecule has 1 spiro atoms. The Balaban J connectivity index is 0.000000205. The standard InChI is InChI=1S/C33H40FN5O5S2.2C10H16O4S/c1-20(2)30-36-25(18-45-30)31(42)39-13-14-44-33(19-39)8-11-38(12-9-33)17-21-3-5-24(34)22(15-21)7-10-35-16-27(41)23-4-6-26(40)28-29(23)46-32(43)37-28;2*1-9(2)7-3-4-10(9,8(11)5-7)6-15(12,13)14/h3-6,15,18,20,27,35,40-41H,7-14,16-17,19H2,1-2H3,(H,37,43);2*7H,3-6H2,1-2H3,(H,12,13,14)/t27-;;/m0../s1. The van der Waals surface area contributed by atoms with Crippen molar-refractivity contribution >= 4 is 70.6 Å². The SMILES string of the molecule is CC(C)c1nc(C(=O)N2CCOC3(CCN(Cc4ccc(F)c(CCNC[C@H](O)c5ccc(O)c6[nH]c(=O)sc56)c4)CC3)C2)cs1.CC1(C)C2CCC1(CS(=O)(=O)O)C(=O)C2.CC1(C)C2CCC1(CS(=O)(=O)O)C(=O)C2. The number of fused-ring (bicyclic) bond motifs is 5. The number of piperidine rings is 1. The fourth-order valence-electron chi connectivity index (χ4n) is 13.1. The maximum absolute atomic E-state index is 14.7. The van der Waals surface area contributed by atoms with Crippen molar-refractivity contribution in [1.29, 1.82) is 0 Å². The average molecular weight is 1130 g/mol. The third-order valence-corrected chi connectivity index (χ3v) is 21.8. The van der Waals surface area contributed by atoms with Crippen LogP contribution in [0.15, 0.2) is 40.5 Å². The zero-order chi connectivity index (χ0) is 55.4. The summed E-state index contributed by atoms with van der Waals surface area (Å²) in [4.78, 5) is 59.9. The number of aliphatic hydroxyl groups is 1. The summed E-state index contributed by atoms with van der Waals surface area (Å²) in [7, 11) is -8.15. The lowest BCUT2D eigenvalue weighted by Crippen LogP contribution is -2.58. The second-order valence-electron chi connectivity index (χ2n) is 23.3. The monoisotopic (exact) mass is 1130 g/mol. The van der Waals surface area contributed by atoms with E-state index in [2.05, 4.69) is 34.0 Å². The number of rotatable bonds is 14. The predicted molar refractivity (Wildman–Crippen MR) is 287 cm³/mol. The zero-order valence-electron chi connectivity index (χ0n) is 44.0. The van der Waals surface area contributed by atoms with E-state index in [4.69, 9.17) is 13.8 Å². The number of aromatic amines is 1. The molecule has 2 aromatic heterocycles. The number of aromatic hydroxyl groups is 1. The van der Waals surface area contributed by atoms with Crippen molar-refractivity contribution in [2.24, 2.45) is 33.5 Å². The van der Waals surface area contributed by atoms with Gasteiger partial charge in [0.15, 0.2) is 0 Å². The van der Waals surface area contributed by atoms with Crippen LogP contribution in [-0.4, -0.2) is 136 Å². The number of hydrogen-bond acceptors (Lipinski definition) is 16. The predicted octanol–water partition coefficient (Wildman–Crippen LogP) is 6.93. The van der Waals surface area contributed by atoms with Crippen LogP contribution in [0.4, 0.5) is 4.39 Å². The van der Waals surface area contributed by atoms with Crippen LogP contribution >= 0.6 is 22.7 Å². The molecule has 2 aliphatic heterocycles. The van der Waals surface area contributed by atoms with E-state index >= 15 is 0 Å². The Morgan fingerprint density at radius 1 is 0.908 bits per heavy atom. The van der Waals surface area contributed by atoms with Gasteiger partial charge in [-0.3, -0.25) is 33.2 Å². The van der Waals surface area contributed by atoms with E-state index in [0.29, 0.717) is 97.8 Å². The second kappa shape index (κ2) is 21.9. The number of aromatic nitrogens is 2. The summed E-state index contributed by atoms with van der Waals surface area (Å²) < 4.78 is 83.5. The second-order valence-corrected chi connectivity index (χ2v) is 28.1. The highest BCUT2D eigenvalue weighted by molar-refractivity contribution is 7.86. The molecule has 4 aromatic rings. The summed E-state index contributed by atoms with van der Waals surface area (Å²) >= 11 is 2.48. The van der Waals surface area contributed by atoms with Gasteiger partial charge in [0.25, 0.3) is 26.1 Å². The van der Waals surface area contributed by atoms with Crippen molar-refractivity contribution in [3.63, 3.8) is 0 Å². The molecule has 4 heterocycles. The number of hydrogen-bond donors (Lipinski definition) is 6. The number of H-pyrrole nitrogens is 1. The molecule has 6 fully saturated rings. The molecule has 5 atom stereocenters. The van der Waals surface area contributed by atoms with Crippen LogP contribution in [0.1, 0.15) is 137 Å². The molecule has 4 saturated carbocycles. The molecule has 6 N–H and O–H groups in total. The van der Waals surface area contributed by atoms with Crippen LogP contribution < -0.4 is 10.2 Å². The van der Waals surface area contributed by atoms with E-state index in [0.717, 1.165) is 60.7 Å². The van der Waals surface area contributed by atoms with Crippen molar-refractivity contribution in [2.75, 3.05) is 57.4 Å². The van der Waals surface area contributed by atoms with Gasteiger partial charge in [0, 0.05) is 62.4 Å². The molecule has 418 valence electrons. The minimum absolute atomic E-state index is 0.0152. The molecular weight excluding hydrogens is 1060 g/mol. The first kappa shape index (κ1) is 58.1. The number of thiazole rings is 2. The van der Waals surface area contributed by atoms with Crippen molar-refractivity contribution in [3.05, 3.63) is 78.6 Å². The van der Waals surface area contributed by atoms with Gasteiger partial charge >= 0.3 is 4.87 Å². The van der Waals surface area contributed by atoms with Crippen LogP contribution in [0.5, 0.6) is 5.75 Å². The summed E-state index contributed by atoms with van der Waals surface area (Å²) in [5.41, 5.74) is 0.453. The molecule has 2 aromatic carbocycles. The molecular formula is C53H72FN5O13S4. The number of nitrogens with one attached hydrogen (secondary N) is 2. The lowest BCUT2D eigenvalue weighted by Gasteiger charge is -2.47. The van der Waals surface area contributed by atoms with E-state index in [1.54, 1.807) is 6.07 Å². The lowest BCUT2D eigenvalue weighted by atomic mass is 9.70. The third-order valence-electron chi connectivity index (χ3n) is 18.0. The number of morpholine rings is 1. The first-order valence-corrected chi connectivity index (χ1v) is 31.0. The fourth-order valence-corrected chi connectivity index (χ4v) is 17.5. The summed E-state index contributed by atoms with van der Waals surface area (Å²) in [6.07, 6.45) is 5.14. The Morgan fingerprint density at radius 3 is 2.04 bits per heavy atom. The molecule has 4 aliphatic carbocycles. The number of carbonyl (C=O) groups excluding carboxylic acids is 3. The third kappa shape index (κ3) is 11.8. The molecule has 18 nitrogen and oxygen atoms in total. The number of halogens is 1. The van der Waals surface area contributed by atoms with Crippen LogP contribution in [0.3, 0.4) is 0 Å². The topological polar surface area (TPSA) is 274 Å². The number of benzene rings is 2. The Morgan fingerprint density at radius 2 is 1.51 bits per heavy atom. The number of ketones is 2. The van der Waals surface area contributed by atoms with Gasteiger partial charge in [-0.2, -0.15) is 16.8 Å². The maximum atomic E-state index is 14.7. The van der Waals surface area contributed by atoms with E-state index < -0.39 is 48.7 Å². The Kier molecular flexibility index (Phi) is 16.7. The highest BCUT2D eigenvalue weighted by atomic mass is 32.2. The Hall–Kier alpha value is -4.04. The largest absolute Gasteiger partial charge is 0.506 e. The van der Waals surface area contributed by atoms with Crippen molar-refractivity contribution < 1.29 is 59.7 Å². The molecule has 10 rings (SSSR count). The number of Topliss-reactive ketones (excluding diaryl/α,β-unsaturated/α-hetero) is 2. The molecule has 4 bridgehead atoms. The van der Waals surface area contributed by atoms with E-state index in [1.165, 1.54) is 23.5 Å². The minimum atomic E-state index is -4.08. The number of likely N-dealkylation sites (tertiary alicyclic amines) is 1. The normalized spacial score (nSPS) is 26.0. The van der Waals surface area contributed by atoms with E-state index in [1.807, 2.05) is 50.1 Å². The molecule has 6 aliphatic rings. The van der Waals surface area contributed by atoms with Crippen molar-refractivity contribution in [2.45, 2.75) is 123 Å². The quantitative estimate of drug-likeness (QED) is 0.0552. The van der Waals surface area contributed by atoms with Crippen molar-refractivity contribution in [3.8, 4) is 5.75 Å². The smallest absolute Gasteiger partial charge is 0.305 e. The number of carbonyl (C=O) groups is 3. The number of aliphatic hydroxyl groups excluding tert-OH is 1. The number of nitrogens with zero attached hydrogens (tertiary/aromatic N) is 3. The molecule has 4 unspecified atom stereocenters. The molecule has 76 heavy (non-hydrogen) atoms. The van der Waals surface area contributed by atoms with Crippen LogP contribution in [0, 0.1) is 39.3 Å². The molecule has 0 radical (unpaired) electrons. The van der Waals surface area contributed by atoms with Gasteiger partial charge in [-0.1, -0.05) is 71.1 Å². The Labute approximate surface area is 451 Å². The van der Waals surface area contributed by atoms with Gasteiger partial charge in [-0.05, 0) is 97.4 Å². The van der Waals surface area contributed by atoms with Gasteiger partial charge < -0.3 is 30.2 Å². The average Bonchev–Trinajstić information content (AvgIpc) is 4.16. The lowest BCUT2D eigenvalue weighted by molar-refractivity contribution is -0.128. The van der Waals surface area contributed by atoms with Gasteiger partial charge in [0.05, 0.1) is 56.9 Å². The van der Waals surface area contributed by atoms with Gasteiger partial charge in [0.2, 0.25) is 0 Å². The highest BCUT2D eigenvalue weighted by Crippen LogP contribution is 2.65. The van der Waals surface area contributed by atoms with Crippen LogP contribution in [0.2, 0.25) is 0 Å². The number of amides is 1. The summed E-state index contributed by atoms with van der Waals surface area (Å²) in [6.45, 7) is 16.6. The van der Waals surface area contributed by atoms with Crippen LogP contribution in [-0.2, 0) is 47.5 Å². The molecule has 2 saturated heterocycles. The van der Waals surface area contributed by atoms with E-state index in [-0.39, 0.29) is 68.7 Å². The number of ether oxygens (including phenoxy) is 1. The number of phenolic OH excluding ortho intramolecular Hbond substituents is 1. The fraction of sp³-hybridized carbons (Fsp3) is 0.642. The first-order valence-electron chi connectivity index (χ1n) is 26.1. The molecule has 1 amide bonds. The summed E-state index contributed by atoms with van der Waals surface area (Å²) in [6, 6.07) is 8.32. The maximum Gasteiger partial charge on any atom is 0.305 e. The molecule has 23 heteroatoms. The Bertz CT molecular complexity index is 3050.